The molecule has 0 unspecified atom stereocenters. The molecule has 0 radical (unpaired) electrons. The molecule has 2 aromatic heterocycles. The Hall–Kier alpha value is -3.40. The molecule has 4 nitrogen and oxygen atoms in total. The predicted molar refractivity (Wildman–Crippen MR) is 101 cm³/mol. The van der Waals surface area contributed by atoms with Crippen LogP contribution in [0.4, 0.5) is 5.69 Å². The van der Waals surface area contributed by atoms with Crippen molar-refractivity contribution < 1.29 is 4.79 Å². The molecule has 0 saturated carbocycles. The molecule has 0 atom stereocenters. The van der Waals surface area contributed by atoms with Crippen LogP contribution in [-0.2, 0) is 4.79 Å². The van der Waals surface area contributed by atoms with Crippen LogP contribution in [-0.4, -0.2) is 15.9 Å². The fourth-order valence-corrected chi connectivity index (χ4v) is 2.97. The Bertz CT molecular complexity index is 1030. The van der Waals surface area contributed by atoms with Crippen LogP contribution in [0.25, 0.3) is 33.3 Å². The monoisotopic (exact) mass is 327 g/mol. The summed E-state index contributed by atoms with van der Waals surface area (Å²) in [5.41, 5.74) is 6.05. The second-order valence-electron chi connectivity index (χ2n) is 5.95. The number of fused-ring (bicyclic) bond motifs is 1. The summed E-state index contributed by atoms with van der Waals surface area (Å²) in [6, 6.07) is 20.2. The third-order valence-electron chi connectivity index (χ3n) is 4.15. The minimum absolute atomic E-state index is 0.0726. The molecule has 0 aliphatic heterocycles. The molecule has 0 saturated heterocycles. The van der Waals surface area contributed by atoms with E-state index in [1.54, 1.807) is 0 Å². The molecule has 122 valence electrons. The van der Waals surface area contributed by atoms with E-state index in [-0.39, 0.29) is 5.91 Å². The number of nitrogens with zero attached hydrogens (tertiary/aromatic N) is 1. The van der Waals surface area contributed by atoms with Gasteiger partial charge in [-0.05, 0) is 29.3 Å². The first kappa shape index (κ1) is 15.1. The Morgan fingerprint density at radius 2 is 1.72 bits per heavy atom. The number of carbonyl (C=O) groups is 1. The van der Waals surface area contributed by atoms with Crippen molar-refractivity contribution in [1.82, 2.24) is 9.97 Å². The zero-order valence-electron chi connectivity index (χ0n) is 13.8. The molecule has 0 aliphatic rings. The maximum absolute atomic E-state index is 11.1. The Labute approximate surface area is 145 Å². The zero-order chi connectivity index (χ0) is 17.2. The van der Waals surface area contributed by atoms with Crippen molar-refractivity contribution in [2.45, 2.75) is 6.92 Å². The largest absolute Gasteiger partial charge is 0.346 e. The molecule has 1 amide bonds. The van der Waals surface area contributed by atoms with Gasteiger partial charge in [-0.25, -0.2) is 4.98 Å². The van der Waals surface area contributed by atoms with Crippen molar-refractivity contribution in [3.05, 3.63) is 73.1 Å². The van der Waals surface area contributed by atoms with Gasteiger partial charge in [0, 0.05) is 41.5 Å². The molecular formula is C21H17N3O. The first-order valence-electron chi connectivity index (χ1n) is 8.11. The molecule has 2 aromatic carbocycles. The zero-order valence-corrected chi connectivity index (χ0v) is 13.8. The average molecular weight is 327 g/mol. The van der Waals surface area contributed by atoms with Crippen molar-refractivity contribution in [3.63, 3.8) is 0 Å². The van der Waals surface area contributed by atoms with Crippen LogP contribution in [0.5, 0.6) is 0 Å². The van der Waals surface area contributed by atoms with Gasteiger partial charge in [0.15, 0.2) is 0 Å². The van der Waals surface area contributed by atoms with Gasteiger partial charge in [-0.15, -0.1) is 0 Å². The summed E-state index contributed by atoms with van der Waals surface area (Å²) in [6.07, 6.45) is 3.86. The standard InChI is InChI=1S/C21H17N3O/c1-14(25)24-18-9-7-16(8-10-18)20-13-23-21-19(20)11-17(12-22-21)15-5-3-2-4-6-15/h2-13H,1H3,(H,22,23)(H,24,25). The minimum Gasteiger partial charge on any atom is -0.346 e. The third kappa shape index (κ3) is 3.02. The maximum Gasteiger partial charge on any atom is 0.221 e. The second kappa shape index (κ2) is 6.24. The minimum atomic E-state index is -0.0726. The summed E-state index contributed by atoms with van der Waals surface area (Å²) in [6.45, 7) is 1.50. The third-order valence-corrected chi connectivity index (χ3v) is 4.15. The molecule has 0 aliphatic carbocycles. The van der Waals surface area contributed by atoms with E-state index in [9.17, 15) is 4.79 Å². The van der Waals surface area contributed by atoms with Crippen molar-refractivity contribution in [2.75, 3.05) is 5.32 Å². The molecular weight excluding hydrogens is 310 g/mol. The van der Waals surface area contributed by atoms with Crippen LogP contribution in [0.1, 0.15) is 6.92 Å². The van der Waals surface area contributed by atoms with Crippen molar-refractivity contribution in [3.8, 4) is 22.3 Å². The first-order valence-corrected chi connectivity index (χ1v) is 8.11. The van der Waals surface area contributed by atoms with E-state index in [0.29, 0.717) is 0 Å². The number of hydrogen-bond acceptors (Lipinski definition) is 2. The molecule has 4 heteroatoms. The van der Waals surface area contributed by atoms with E-state index in [2.05, 4.69) is 33.5 Å². The van der Waals surface area contributed by atoms with Gasteiger partial charge in [-0.1, -0.05) is 42.5 Å². The Morgan fingerprint density at radius 1 is 0.960 bits per heavy atom. The van der Waals surface area contributed by atoms with E-state index in [1.807, 2.05) is 54.9 Å². The van der Waals surface area contributed by atoms with Crippen molar-refractivity contribution in [2.24, 2.45) is 0 Å². The Kier molecular flexibility index (Phi) is 3.78. The van der Waals surface area contributed by atoms with Crippen LogP contribution < -0.4 is 5.32 Å². The van der Waals surface area contributed by atoms with Gasteiger partial charge in [0.05, 0.1) is 0 Å². The number of aromatic amines is 1. The van der Waals surface area contributed by atoms with Gasteiger partial charge in [-0.3, -0.25) is 4.79 Å². The molecule has 0 bridgehead atoms. The van der Waals surface area contributed by atoms with Crippen LogP contribution in [0.2, 0.25) is 0 Å². The Balaban J connectivity index is 1.76. The number of nitrogens with one attached hydrogen (secondary N) is 2. The van der Waals surface area contributed by atoms with Crippen molar-refractivity contribution in [1.29, 1.82) is 0 Å². The molecule has 2 N–H and O–H groups in total. The van der Waals surface area contributed by atoms with E-state index >= 15 is 0 Å². The highest BCUT2D eigenvalue weighted by Gasteiger charge is 2.09. The quantitative estimate of drug-likeness (QED) is 0.565. The molecule has 0 fully saturated rings. The van der Waals surface area contributed by atoms with Gasteiger partial charge in [0.25, 0.3) is 0 Å². The molecule has 2 heterocycles. The number of anilines is 1. The summed E-state index contributed by atoms with van der Waals surface area (Å²) in [5.74, 6) is -0.0726. The van der Waals surface area contributed by atoms with Gasteiger partial charge < -0.3 is 10.3 Å². The summed E-state index contributed by atoms with van der Waals surface area (Å²) in [7, 11) is 0. The highest BCUT2D eigenvalue weighted by atomic mass is 16.1. The van der Waals surface area contributed by atoms with Crippen LogP contribution >= 0.6 is 0 Å². The lowest BCUT2D eigenvalue weighted by molar-refractivity contribution is -0.114. The summed E-state index contributed by atoms with van der Waals surface area (Å²) < 4.78 is 0. The number of hydrogen-bond donors (Lipinski definition) is 2. The van der Waals surface area contributed by atoms with Gasteiger partial charge in [-0.2, -0.15) is 0 Å². The number of aromatic nitrogens is 2. The lowest BCUT2D eigenvalue weighted by Gasteiger charge is -2.05. The molecule has 25 heavy (non-hydrogen) atoms. The number of pyridine rings is 1. The highest BCUT2D eigenvalue weighted by molar-refractivity contribution is 5.96. The summed E-state index contributed by atoms with van der Waals surface area (Å²) in [4.78, 5) is 18.9. The summed E-state index contributed by atoms with van der Waals surface area (Å²) >= 11 is 0. The number of carbonyl (C=O) groups excluding carboxylic acids is 1. The maximum atomic E-state index is 11.1. The normalized spacial score (nSPS) is 10.8. The topological polar surface area (TPSA) is 57.8 Å². The lowest BCUT2D eigenvalue weighted by atomic mass is 10.0. The smallest absolute Gasteiger partial charge is 0.221 e. The molecule has 4 rings (SSSR count). The summed E-state index contributed by atoms with van der Waals surface area (Å²) in [5, 5.41) is 3.86. The number of benzene rings is 2. The molecule has 4 aromatic rings. The lowest BCUT2D eigenvalue weighted by Crippen LogP contribution is -2.05. The van der Waals surface area contributed by atoms with Crippen LogP contribution in [0.3, 0.4) is 0 Å². The van der Waals surface area contributed by atoms with Gasteiger partial charge in [0.1, 0.15) is 5.65 Å². The predicted octanol–water partition coefficient (Wildman–Crippen LogP) is 4.86. The van der Waals surface area contributed by atoms with Gasteiger partial charge >= 0.3 is 0 Å². The van der Waals surface area contributed by atoms with E-state index in [4.69, 9.17) is 0 Å². The second-order valence-corrected chi connectivity index (χ2v) is 5.95. The fourth-order valence-electron chi connectivity index (χ4n) is 2.97. The van der Waals surface area contributed by atoms with Gasteiger partial charge in [0.2, 0.25) is 5.91 Å². The van der Waals surface area contributed by atoms with E-state index < -0.39 is 0 Å². The van der Waals surface area contributed by atoms with Crippen molar-refractivity contribution >= 4 is 22.6 Å². The highest BCUT2D eigenvalue weighted by Crippen LogP contribution is 2.31. The van der Waals surface area contributed by atoms with Crippen LogP contribution in [0, 0.1) is 0 Å². The first-order chi connectivity index (χ1) is 12.2. The van der Waals surface area contributed by atoms with E-state index in [0.717, 1.165) is 39.0 Å². The number of amides is 1. The Morgan fingerprint density at radius 3 is 2.44 bits per heavy atom. The average Bonchev–Trinajstić information content (AvgIpc) is 3.06. The van der Waals surface area contributed by atoms with E-state index in [1.165, 1.54) is 6.92 Å². The van der Waals surface area contributed by atoms with Crippen LogP contribution in [0.15, 0.2) is 73.1 Å². The molecule has 0 spiro atoms. The SMILES string of the molecule is CC(=O)Nc1ccc(-c2c[nH]c3ncc(-c4ccccc4)cc23)cc1. The number of H-pyrrole nitrogens is 1. The number of rotatable bonds is 3. The fraction of sp³-hybridized carbons (Fsp3) is 0.0476.